The maximum atomic E-state index is 12.9. The number of nitro benzene ring substituents is 1. The summed E-state index contributed by atoms with van der Waals surface area (Å²) in [7, 11) is 3.88. The summed E-state index contributed by atoms with van der Waals surface area (Å²) in [6, 6.07) is 12.0. The lowest BCUT2D eigenvalue weighted by Crippen LogP contribution is -2.35. The molecular weight excluding hydrogens is 492 g/mol. The Morgan fingerprint density at radius 2 is 2.00 bits per heavy atom. The van der Waals surface area contributed by atoms with Crippen molar-refractivity contribution in [1.29, 1.82) is 0 Å². The van der Waals surface area contributed by atoms with E-state index in [-0.39, 0.29) is 24.0 Å². The standard InChI is InChI=1S/C20H19BrN4O3S.ClH/c1-23(2)10-11-24(20-22-17-8-7-15(21)13-18(17)29-20)19(26)9-6-14-4-3-5-16(12-14)25(27)28;/h3-9,12-13H,10-11H2,1-2H3;1H. The van der Waals surface area contributed by atoms with Crippen LogP contribution in [-0.2, 0) is 4.79 Å². The van der Waals surface area contributed by atoms with E-state index in [1.54, 1.807) is 23.1 Å². The predicted molar refractivity (Wildman–Crippen MR) is 128 cm³/mol. The van der Waals surface area contributed by atoms with Crippen LogP contribution < -0.4 is 4.90 Å². The Hall–Kier alpha value is -2.33. The van der Waals surface area contributed by atoms with E-state index < -0.39 is 4.92 Å². The van der Waals surface area contributed by atoms with Gasteiger partial charge in [-0.1, -0.05) is 39.4 Å². The van der Waals surface area contributed by atoms with Crippen LogP contribution >= 0.6 is 39.7 Å². The van der Waals surface area contributed by atoms with Crippen LogP contribution in [0.5, 0.6) is 0 Å². The number of non-ortho nitro benzene ring substituents is 1. The number of hydrogen-bond acceptors (Lipinski definition) is 6. The number of nitro groups is 1. The van der Waals surface area contributed by atoms with Crippen LogP contribution in [0.15, 0.2) is 53.0 Å². The highest BCUT2D eigenvalue weighted by molar-refractivity contribution is 9.10. The van der Waals surface area contributed by atoms with E-state index in [1.165, 1.54) is 29.5 Å². The normalized spacial score (nSPS) is 11.1. The smallest absolute Gasteiger partial charge is 0.270 e. The molecule has 0 saturated carbocycles. The molecule has 0 aliphatic heterocycles. The molecule has 10 heteroatoms. The Morgan fingerprint density at radius 3 is 2.70 bits per heavy atom. The number of rotatable bonds is 7. The largest absolute Gasteiger partial charge is 0.308 e. The molecule has 0 fully saturated rings. The van der Waals surface area contributed by atoms with E-state index in [9.17, 15) is 14.9 Å². The van der Waals surface area contributed by atoms with Crippen molar-refractivity contribution in [3.05, 3.63) is 68.7 Å². The van der Waals surface area contributed by atoms with Crippen molar-refractivity contribution in [1.82, 2.24) is 9.88 Å². The summed E-state index contributed by atoms with van der Waals surface area (Å²) in [5.41, 5.74) is 1.41. The Kier molecular flexibility index (Phi) is 8.48. The van der Waals surface area contributed by atoms with Gasteiger partial charge in [0, 0.05) is 35.8 Å². The zero-order valence-corrected chi connectivity index (χ0v) is 19.5. The quantitative estimate of drug-likeness (QED) is 0.253. The van der Waals surface area contributed by atoms with Gasteiger partial charge >= 0.3 is 0 Å². The number of likely N-dealkylation sites (N-methyl/N-ethyl adjacent to an activating group) is 1. The first kappa shape index (κ1) is 23.9. The van der Waals surface area contributed by atoms with Gasteiger partial charge in [-0.2, -0.15) is 0 Å². The lowest BCUT2D eigenvalue weighted by atomic mass is 10.2. The molecule has 1 heterocycles. The minimum Gasteiger partial charge on any atom is -0.308 e. The first-order chi connectivity index (χ1) is 13.8. The van der Waals surface area contributed by atoms with Crippen molar-refractivity contribution in [2.45, 2.75) is 0 Å². The molecule has 3 rings (SSSR count). The van der Waals surface area contributed by atoms with Gasteiger partial charge in [-0.15, -0.1) is 12.4 Å². The van der Waals surface area contributed by atoms with Crippen molar-refractivity contribution in [2.75, 3.05) is 32.1 Å². The van der Waals surface area contributed by atoms with Crippen LogP contribution in [0.2, 0.25) is 0 Å². The summed E-state index contributed by atoms with van der Waals surface area (Å²) in [6.07, 6.45) is 3.01. The molecule has 2 aromatic carbocycles. The van der Waals surface area contributed by atoms with Gasteiger partial charge in [-0.3, -0.25) is 19.8 Å². The molecule has 7 nitrogen and oxygen atoms in total. The average molecular weight is 512 g/mol. The van der Waals surface area contributed by atoms with Crippen molar-refractivity contribution in [3.8, 4) is 0 Å². The van der Waals surface area contributed by atoms with Crippen LogP contribution in [0.1, 0.15) is 5.56 Å². The summed E-state index contributed by atoms with van der Waals surface area (Å²) in [6.45, 7) is 1.15. The number of fused-ring (bicyclic) bond motifs is 1. The summed E-state index contributed by atoms with van der Waals surface area (Å²) in [5, 5.41) is 11.6. The minimum absolute atomic E-state index is 0. The fourth-order valence-corrected chi connectivity index (χ4v) is 4.15. The number of benzene rings is 2. The number of carbonyl (C=O) groups is 1. The first-order valence-corrected chi connectivity index (χ1v) is 10.4. The molecule has 0 bridgehead atoms. The second-order valence-corrected chi connectivity index (χ2v) is 8.51. The van der Waals surface area contributed by atoms with E-state index in [2.05, 4.69) is 20.9 Å². The van der Waals surface area contributed by atoms with Crippen LogP contribution in [0.3, 0.4) is 0 Å². The molecular formula is C20H20BrClN4O3S. The highest BCUT2D eigenvalue weighted by atomic mass is 79.9. The van der Waals surface area contributed by atoms with Gasteiger partial charge in [0.1, 0.15) is 0 Å². The number of nitrogens with zero attached hydrogens (tertiary/aromatic N) is 4. The zero-order valence-electron chi connectivity index (χ0n) is 16.3. The number of carbonyl (C=O) groups excluding carboxylic acids is 1. The summed E-state index contributed by atoms with van der Waals surface area (Å²) in [5.74, 6) is -0.225. The zero-order chi connectivity index (χ0) is 21.0. The highest BCUT2D eigenvalue weighted by Gasteiger charge is 2.18. The molecule has 0 N–H and O–H groups in total. The Balaban J connectivity index is 0.00000320. The summed E-state index contributed by atoms with van der Waals surface area (Å²) < 4.78 is 1.94. The molecule has 0 radical (unpaired) electrons. The molecule has 0 unspecified atom stereocenters. The Morgan fingerprint density at radius 1 is 1.23 bits per heavy atom. The monoisotopic (exact) mass is 510 g/mol. The van der Waals surface area contributed by atoms with Gasteiger partial charge in [0.2, 0.25) is 0 Å². The number of thiazole rings is 1. The van der Waals surface area contributed by atoms with Gasteiger partial charge in [0.05, 0.1) is 15.1 Å². The summed E-state index contributed by atoms with van der Waals surface area (Å²) >= 11 is 4.91. The third kappa shape index (κ3) is 6.09. The van der Waals surface area contributed by atoms with Gasteiger partial charge < -0.3 is 4.90 Å². The van der Waals surface area contributed by atoms with Crippen LogP contribution in [-0.4, -0.2) is 47.9 Å². The maximum absolute atomic E-state index is 12.9. The highest BCUT2D eigenvalue weighted by Crippen LogP contribution is 2.31. The van der Waals surface area contributed by atoms with Crippen LogP contribution in [0, 0.1) is 10.1 Å². The second kappa shape index (κ2) is 10.6. The number of anilines is 1. The third-order valence-electron chi connectivity index (χ3n) is 4.11. The van der Waals surface area contributed by atoms with Crippen molar-refractivity contribution < 1.29 is 9.72 Å². The fourth-order valence-electron chi connectivity index (χ4n) is 2.60. The number of hydrogen-bond donors (Lipinski definition) is 0. The third-order valence-corrected chi connectivity index (χ3v) is 5.64. The lowest BCUT2D eigenvalue weighted by molar-refractivity contribution is -0.384. The molecule has 0 saturated heterocycles. The molecule has 3 aromatic rings. The molecule has 0 spiro atoms. The lowest BCUT2D eigenvalue weighted by Gasteiger charge is -2.20. The number of amides is 1. The van der Waals surface area contributed by atoms with Gasteiger partial charge in [0.15, 0.2) is 5.13 Å². The van der Waals surface area contributed by atoms with Gasteiger partial charge in [0.25, 0.3) is 11.6 Å². The Bertz CT molecular complexity index is 1090. The molecule has 0 atom stereocenters. The summed E-state index contributed by atoms with van der Waals surface area (Å²) in [4.78, 5) is 31.6. The predicted octanol–water partition coefficient (Wildman–Crippen LogP) is 5.00. The molecule has 1 aromatic heterocycles. The number of halogens is 2. The van der Waals surface area contributed by atoms with E-state index in [0.717, 1.165) is 14.7 Å². The van der Waals surface area contributed by atoms with Crippen LogP contribution in [0.4, 0.5) is 10.8 Å². The maximum Gasteiger partial charge on any atom is 0.270 e. The first-order valence-electron chi connectivity index (χ1n) is 8.78. The SMILES string of the molecule is CN(C)CCN(C(=O)C=Cc1cccc([N+](=O)[O-])c1)c1nc2ccc(Br)cc2s1.Cl. The van der Waals surface area contributed by atoms with Gasteiger partial charge in [-0.25, -0.2) is 4.98 Å². The molecule has 0 aliphatic rings. The van der Waals surface area contributed by atoms with E-state index in [4.69, 9.17) is 0 Å². The average Bonchev–Trinajstić information content (AvgIpc) is 3.09. The molecule has 30 heavy (non-hydrogen) atoms. The van der Waals surface area contributed by atoms with Gasteiger partial charge in [-0.05, 0) is 43.9 Å². The van der Waals surface area contributed by atoms with Crippen molar-refractivity contribution in [2.24, 2.45) is 0 Å². The van der Waals surface area contributed by atoms with E-state index in [1.807, 2.05) is 37.2 Å². The second-order valence-electron chi connectivity index (χ2n) is 6.59. The molecule has 158 valence electrons. The molecule has 1 amide bonds. The van der Waals surface area contributed by atoms with Crippen molar-refractivity contribution in [3.63, 3.8) is 0 Å². The topological polar surface area (TPSA) is 79.6 Å². The molecule has 0 aliphatic carbocycles. The fraction of sp³-hybridized carbons (Fsp3) is 0.200. The van der Waals surface area contributed by atoms with Crippen LogP contribution in [0.25, 0.3) is 16.3 Å². The van der Waals surface area contributed by atoms with Crippen molar-refractivity contribution >= 4 is 72.7 Å². The number of aromatic nitrogens is 1. The van der Waals surface area contributed by atoms with E-state index in [0.29, 0.717) is 23.8 Å². The van der Waals surface area contributed by atoms with E-state index >= 15 is 0 Å². The minimum atomic E-state index is -0.457. The Labute approximate surface area is 192 Å².